The monoisotopic (exact) mass is 976 g/mol. The zero-order valence-corrected chi connectivity index (χ0v) is 41.4. The molecule has 0 aromatic rings. The lowest BCUT2D eigenvalue weighted by Gasteiger charge is -2.14. The van der Waals surface area contributed by atoms with Crippen LogP contribution in [0.2, 0.25) is 0 Å². The van der Waals surface area contributed by atoms with Crippen molar-refractivity contribution in [3.63, 3.8) is 0 Å². The quantitative estimate of drug-likeness (QED) is 0.0421. The number of likely N-dealkylation sites (N-methyl/N-ethyl adjacent to an activating group) is 1. The van der Waals surface area contributed by atoms with Crippen LogP contribution in [0.15, 0.2) is 0 Å². The van der Waals surface area contributed by atoms with Gasteiger partial charge in [-0.05, 0) is 32.6 Å². The van der Waals surface area contributed by atoms with Crippen molar-refractivity contribution in [2.45, 2.75) is 161 Å². The lowest BCUT2D eigenvalue weighted by atomic mass is 10.0. The van der Waals surface area contributed by atoms with E-state index in [1.165, 1.54) is 70.6 Å². The molecule has 0 rings (SSSR count). The van der Waals surface area contributed by atoms with Gasteiger partial charge in [-0.25, -0.2) is 4.79 Å². The minimum atomic E-state index is -1.12. The molecule has 0 aromatic heterocycles. The topological polar surface area (TPSA) is 275 Å². The Morgan fingerprint density at radius 1 is 0.368 bits per heavy atom. The summed E-state index contributed by atoms with van der Waals surface area (Å²) < 4.78 is 31.8. The summed E-state index contributed by atoms with van der Waals surface area (Å²) in [4.78, 5) is 81.8. The molecule has 0 unspecified atom stereocenters. The van der Waals surface area contributed by atoms with Crippen molar-refractivity contribution in [1.82, 2.24) is 26.6 Å². The minimum Gasteiger partial charge on any atom is -0.481 e. The van der Waals surface area contributed by atoms with Gasteiger partial charge in [-0.3, -0.25) is 28.8 Å². The average Bonchev–Trinajstić information content (AvgIpc) is 3.30. The Morgan fingerprint density at radius 2 is 0.691 bits per heavy atom. The Bertz CT molecular complexity index is 1300. The van der Waals surface area contributed by atoms with Gasteiger partial charge >= 0.3 is 11.9 Å². The lowest BCUT2D eigenvalue weighted by Crippen LogP contribution is -2.40. The van der Waals surface area contributed by atoms with Crippen LogP contribution in [-0.2, 0) is 62.0 Å². The average molecular weight is 976 g/mol. The van der Waals surface area contributed by atoms with Crippen molar-refractivity contribution >= 4 is 41.5 Å². The van der Waals surface area contributed by atoms with Gasteiger partial charge < -0.3 is 65.2 Å². The predicted octanol–water partition coefficient (Wildman–Crippen LogP) is 4.20. The Labute approximate surface area is 405 Å². The third-order valence-corrected chi connectivity index (χ3v) is 10.5. The Morgan fingerprint density at radius 3 is 1.06 bits per heavy atom. The maximum atomic E-state index is 12.4. The molecule has 0 saturated carbocycles. The fourth-order valence-electron chi connectivity index (χ4n) is 6.76. The zero-order valence-electron chi connectivity index (χ0n) is 41.4. The first-order valence-corrected chi connectivity index (χ1v) is 25.3. The number of rotatable bonds is 52. The molecule has 68 heavy (non-hydrogen) atoms. The van der Waals surface area contributed by atoms with Crippen LogP contribution in [0.25, 0.3) is 0 Å². The first-order valence-electron chi connectivity index (χ1n) is 25.3. The molecule has 0 heterocycles. The van der Waals surface area contributed by atoms with Crippen molar-refractivity contribution < 1.29 is 72.2 Å². The maximum Gasteiger partial charge on any atom is 0.326 e. The van der Waals surface area contributed by atoms with E-state index in [1.807, 2.05) is 6.92 Å². The van der Waals surface area contributed by atoms with Crippen molar-refractivity contribution in [3.8, 4) is 0 Å². The minimum absolute atomic E-state index is 0.0184. The van der Waals surface area contributed by atoms with E-state index in [4.69, 9.17) is 33.5 Å². The van der Waals surface area contributed by atoms with Crippen LogP contribution >= 0.6 is 0 Å². The van der Waals surface area contributed by atoms with E-state index in [9.17, 15) is 38.7 Å². The van der Waals surface area contributed by atoms with Crippen LogP contribution < -0.4 is 26.6 Å². The number of unbranched alkanes of at least 4 members (excludes halogenated alkanes) is 17. The van der Waals surface area contributed by atoms with Crippen molar-refractivity contribution in [2.75, 3.05) is 105 Å². The molecule has 0 bridgehead atoms. The molecule has 0 fully saturated rings. The van der Waals surface area contributed by atoms with Gasteiger partial charge in [0.15, 0.2) is 0 Å². The van der Waals surface area contributed by atoms with Crippen LogP contribution in [0.1, 0.15) is 155 Å². The highest BCUT2D eigenvalue weighted by molar-refractivity contribution is 5.83. The normalized spacial score (nSPS) is 11.5. The molecule has 0 aliphatic rings. The summed E-state index contributed by atoms with van der Waals surface area (Å²) in [6.45, 7) is 5.15. The van der Waals surface area contributed by atoms with E-state index >= 15 is 0 Å². The molecule has 0 aromatic carbocycles. The van der Waals surface area contributed by atoms with E-state index in [-0.39, 0.29) is 128 Å². The third kappa shape index (κ3) is 48.5. The number of nitrogens with one attached hydrogen (secondary N) is 5. The Hall–Kier alpha value is -3.95. The summed E-state index contributed by atoms with van der Waals surface area (Å²) in [6, 6.07) is -1.04. The van der Waals surface area contributed by atoms with Gasteiger partial charge in [-0.2, -0.15) is 0 Å². The van der Waals surface area contributed by atoms with E-state index in [1.54, 1.807) is 0 Å². The van der Waals surface area contributed by atoms with Gasteiger partial charge in [-0.15, -0.1) is 0 Å². The number of carbonyl (C=O) groups is 7. The highest BCUT2D eigenvalue weighted by Gasteiger charge is 2.20. The fraction of sp³-hybridized carbons (Fsp3) is 0.854. The lowest BCUT2D eigenvalue weighted by molar-refractivity contribution is -0.142. The van der Waals surface area contributed by atoms with Gasteiger partial charge in [0.05, 0.1) is 59.5 Å². The summed E-state index contributed by atoms with van der Waals surface area (Å²) in [5, 5.41) is 31.5. The maximum absolute atomic E-state index is 12.4. The molecule has 396 valence electrons. The van der Waals surface area contributed by atoms with E-state index in [0.717, 1.165) is 44.9 Å². The SMILES string of the molecule is CCNC(=O)COCCOCCNC(=O)COCCOCCNC(=O)COCCOCCNC(=O)CCC[C@H](NC(=O)CCCCCCCCCCCCCCCCCCCCC(=O)O)C(=O)O. The summed E-state index contributed by atoms with van der Waals surface area (Å²) in [5.74, 6) is -3.13. The first kappa shape index (κ1) is 64.0. The zero-order chi connectivity index (χ0) is 50.0. The second-order valence-electron chi connectivity index (χ2n) is 16.6. The number of carboxylic acids is 2. The second-order valence-corrected chi connectivity index (χ2v) is 16.6. The van der Waals surface area contributed by atoms with Gasteiger partial charge in [0, 0.05) is 45.4 Å². The van der Waals surface area contributed by atoms with E-state index in [2.05, 4.69) is 26.6 Å². The largest absolute Gasteiger partial charge is 0.481 e. The van der Waals surface area contributed by atoms with Crippen LogP contribution in [-0.4, -0.2) is 163 Å². The molecule has 1 atom stereocenters. The number of aliphatic carboxylic acids is 2. The van der Waals surface area contributed by atoms with E-state index in [0.29, 0.717) is 39.1 Å². The summed E-state index contributed by atoms with van der Waals surface area (Å²) in [6.07, 6.45) is 21.9. The highest BCUT2D eigenvalue weighted by Crippen LogP contribution is 2.15. The summed E-state index contributed by atoms with van der Waals surface area (Å²) in [5.41, 5.74) is 0. The molecule has 0 saturated heterocycles. The molecule has 5 amide bonds. The van der Waals surface area contributed by atoms with Gasteiger partial charge in [-0.1, -0.05) is 103 Å². The van der Waals surface area contributed by atoms with Crippen molar-refractivity contribution in [3.05, 3.63) is 0 Å². The molecule has 20 heteroatoms. The van der Waals surface area contributed by atoms with E-state index < -0.39 is 18.0 Å². The second kappa shape index (κ2) is 49.5. The van der Waals surface area contributed by atoms with Gasteiger partial charge in [0.2, 0.25) is 29.5 Å². The summed E-state index contributed by atoms with van der Waals surface area (Å²) >= 11 is 0. The van der Waals surface area contributed by atoms with Crippen LogP contribution in [0, 0.1) is 0 Å². The number of hydrogen-bond donors (Lipinski definition) is 7. The molecule has 0 aliphatic heterocycles. The first-order chi connectivity index (χ1) is 33.0. The molecule has 0 radical (unpaired) electrons. The van der Waals surface area contributed by atoms with Crippen LogP contribution in [0.4, 0.5) is 0 Å². The molecule has 20 nitrogen and oxygen atoms in total. The number of ether oxygens (including phenoxy) is 6. The Balaban J connectivity index is 3.59. The van der Waals surface area contributed by atoms with Crippen LogP contribution in [0.3, 0.4) is 0 Å². The van der Waals surface area contributed by atoms with Crippen LogP contribution in [0.5, 0.6) is 0 Å². The predicted molar refractivity (Wildman–Crippen MR) is 256 cm³/mol. The standard InChI is InChI=1S/C48H89N5O15/c1-2-49-44(56)38-66-35-32-64-30-27-51-46(58)40-68-37-34-65-31-28-52-45(57)39-67-36-33-63-29-26-50-42(54)24-21-22-41(48(61)62)53-43(55)23-19-17-15-13-11-9-7-5-3-4-6-8-10-12-14-16-18-20-25-47(59)60/h41H,2-40H2,1H3,(H,49,56)(H,50,54)(H,51,58)(H,52,57)(H,53,55)(H,59,60)(H,61,62)/t41-/m0/s1. The number of hydrogen-bond acceptors (Lipinski definition) is 13. The molecule has 7 N–H and O–H groups in total. The number of amides is 5. The summed E-state index contributed by atoms with van der Waals surface area (Å²) in [7, 11) is 0. The van der Waals surface area contributed by atoms with Crippen molar-refractivity contribution in [1.29, 1.82) is 0 Å². The molecule has 0 spiro atoms. The molecule has 0 aliphatic carbocycles. The van der Waals surface area contributed by atoms with Gasteiger partial charge in [0.1, 0.15) is 25.9 Å². The Kier molecular flexibility index (Phi) is 46.6. The van der Waals surface area contributed by atoms with Crippen molar-refractivity contribution in [2.24, 2.45) is 0 Å². The molecular weight excluding hydrogens is 887 g/mol. The van der Waals surface area contributed by atoms with Gasteiger partial charge in [0.25, 0.3) is 0 Å². The molecular formula is C48H89N5O15. The third-order valence-electron chi connectivity index (χ3n) is 10.5. The smallest absolute Gasteiger partial charge is 0.326 e. The number of carboxylic acid groups (broad SMARTS) is 2. The fourth-order valence-corrected chi connectivity index (χ4v) is 6.76. The number of carbonyl (C=O) groups excluding carboxylic acids is 5. The highest BCUT2D eigenvalue weighted by atomic mass is 16.5.